The molecule has 36 heavy (non-hydrogen) atoms. The number of nitrogens with one attached hydrogen (secondary N) is 1. The molecule has 0 radical (unpaired) electrons. The molecule has 0 aliphatic heterocycles. The molecule has 1 amide bonds. The van der Waals surface area contributed by atoms with Crippen molar-refractivity contribution in [2.24, 2.45) is 0 Å². The molecule has 4 rings (SSSR count). The number of carbonyl (C=O) groups is 2. The van der Waals surface area contributed by atoms with E-state index < -0.39 is 0 Å². The maximum Gasteiger partial charge on any atom is 0.340 e. The van der Waals surface area contributed by atoms with Gasteiger partial charge in [-0.25, -0.2) is 4.79 Å². The zero-order valence-corrected chi connectivity index (χ0v) is 21.5. The number of unbranched alkanes of at least 4 members (excludes halogenated alkanes) is 1. The summed E-state index contributed by atoms with van der Waals surface area (Å²) < 4.78 is 20.9. The number of carbonyl (C=O) groups excluding carboxylic acids is 2. The number of aromatic nitrogens is 2. The molecule has 0 unspecified atom stereocenters. The molecule has 0 saturated carbocycles. The Labute approximate surface area is 210 Å². The van der Waals surface area contributed by atoms with Crippen molar-refractivity contribution in [3.05, 3.63) is 76.6 Å². The fourth-order valence-electron chi connectivity index (χ4n) is 4.35. The van der Waals surface area contributed by atoms with Gasteiger partial charge < -0.3 is 18.5 Å². The lowest BCUT2D eigenvalue weighted by Gasteiger charge is -2.09. The van der Waals surface area contributed by atoms with E-state index >= 15 is 0 Å². The molecule has 0 bridgehead atoms. The lowest BCUT2D eigenvalue weighted by atomic mass is 10.1. The van der Waals surface area contributed by atoms with Gasteiger partial charge in [-0.3, -0.25) is 14.9 Å². The molecule has 0 fully saturated rings. The predicted octanol–water partition coefficient (Wildman–Crippen LogP) is 5.90. The summed E-state index contributed by atoms with van der Waals surface area (Å²) in [5.74, 6) is 0.644. The lowest BCUT2D eigenvalue weighted by Crippen LogP contribution is -2.24. The third-order valence-electron chi connectivity index (χ3n) is 6.26. The summed E-state index contributed by atoms with van der Waals surface area (Å²) in [5, 5.41) is 0.802. The summed E-state index contributed by atoms with van der Waals surface area (Å²) in [6.45, 7) is 11.0. The number of amides is 1. The third-order valence-corrected chi connectivity index (χ3v) is 6.26. The summed E-state index contributed by atoms with van der Waals surface area (Å²) in [7, 11) is 0. The highest BCUT2D eigenvalue weighted by Crippen LogP contribution is 2.31. The van der Waals surface area contributed by atoms with Crippen LogP contribution in [-0.2, 0) is 17.9 Å². The first-order chi connectivity index (χ1) is 17.3. The van der Waals surface area contributed by atoms with E-state index in [0.29, 0.717) is 23.7 Å². The minimum absolute atomic E-state index is 0.143. The molecule has 0 aliphatic carbocycles. The van der Waals surface area contributed by atoms with E-state index in [-0.39, 0.29) is 24.2 Å². The van der Waals surface area contributed by atoms with Crippen LogP contribution in [0.4, 0.5) is 0 Å². The number of rotatable bonds is 10. The van der Waals surface area contributed by atoms with Crippen LogP contribution in [0.3, 0.4) is 0 Å². The zero-order chi connectivity index (χ0) is 25.8. The molecular formula is C28H33N3O5. The second-order valence-electron chi connectivity index (χ2n) is 8.81. The highest BCUT2D eigenvalue weighted by atomic mass is 16.5. The minimum Gasteiger partial charge on any atom is -0.486 e. The van der Waals surface area contributed by atoms with Crippen molar-refractivity contribution < 1.29 is 23.5 Å². The molecule has 190 valence electrons. The molecule has 0 spiro atoms. The van der Waals surface area contributed by atoms with Gasteiger partial charge in [0, 0.05) is 34.5 Å². The Bertz CT molecular complexity index is 1370. The minimum atomic E-state index is -0.340. The summed E-state index contributed by atoms with van der Waals surface area (Å²) in [5.41, 5.74) is 7.11. The number of aryl methyl sites for hydroxylation is 3. The van der Waals surface area contributed by atoms with Crippen LogP contribution in [0.5, 0.6) is 5.75 Å². The van der Waals surface area contributed by atoms with Crippen molar-refractivity contribution in [3.8, 4) is 5.75 Å². The smallest absolute Gasteiger partial charge is 0.340 e. The zero-order valence-electron chi connectivity index (χ0n) is 21.5. The van der Waals surface area contributed by atoms with Crippen molar-refractivity contribution in [2.75, 3.05) is 12.0 Å². The molecule has 0 saturated heterocycles. The molecule has 8 nitrogen and oxygen atoms in total. The van der Waals surface area contributed by atoms with E-state index in [0.717, 1.165) is 47.4 Å². The fourth-order valence-corrected chi connectivity index (χ4v) is 4.35. The van der Waals surface area contributed by atoms with Gasteiger partial charge in [-0.1, -0.05) is 13.3 Å². The van der Waals surface area contributed by atoms with Gasteiger partial charge in [0.1, 0.15) is 18.1 Å². The van der Waals surface area contributed by atoms with Crippen LogP contribution in [0.1, 0.15) is 70.4 Å². The predicted molar refractivity (Wildman–Crippen MR) is 138 cm³/mol. The first-order valence-corrected chi connectivity index (χ1v) is 12.3. The van der Waals surface area contributed by atoms with E-state index in [2.05, 4.69) is 16.9 Å². The van der Waals surface area contributed by atoms with Crippen LogP contribution >= 0.6 is 0 Å². The lowest BCUT2D eigenvalue weighted by molar-refractivity contribution is 0.0527. The molecule has 8 heteroatoms. The van der Waals surface area contributed by atoms with E-state index in [1.807, 2.05) is 51.1 Å². The highest BCUT2D eigenvalue weighted by Gasteiger charge is 2.21. The highest BCUT2D eigenvalue weighted by molar-refractivity contribution is 6.06. The number of furan rings is 1. The first kappa shape index (κ1) is 25.2. The van der Waals surface area contributed by atoms with Gasteiger partial charge in [-0.05, 0) is 76.6 Å². The molecule has 3 aromatic heterocycles. The van der Waals surface area contributed by atoms with E-state index in [9.17, 15) is 9.59 Å². The third kappa shape index (κ3) is 5.03. The fraction of sp³-hybridized carbons (Fsp3) is 0.357. The van der Waals surface area contributed by atoms with Crippen LogP contribution in [0.15, 0.2) is 46.9 Å². The SMILES string of the molecule is CCCCn1c(C)c(C(=O)OCC)c2cc(OCc3ccc(C(=O)Nn4c(C)ccc4C)o3)ccc21. The Balaban J connectivity index is 1.52. The molecule has 0 aliphatic rings. The Hall–Kier alpha value is -3.94. The van der Waals surface area contributed by atoms with Gasteiger partial charge >= 0.3 is 11.9 Å². The van der Waals surface area contributed by atoms with Crippen molar-refractivity contribution in [3.63, 3.8) is 0 Å². The van der Waals surface area contributed by atoms with Crippen LogP contribution in [0, 0.1) is 20.8 Å². The maximum absolute atomic E-state index is 12.7. The standard InChI is InChI=1S/C28H33N3O5/c1-6-8-15-30-20(5)26(28(33)34-7-2)23-16-21(11-13-24(23)30)35-17-22-12-14-25(36-22)27(32)29-31-18(3)9-10-19(31)4/h9-14,16H,6-8,15,17H2,1-5H3,(H,29,32). The van der Waals surface area contributed by atoms with E-state index in [1.165, 1.54) is 0 Å². The number of hydrogen-bond donors (Lipinski definition) is 1. The normalized spacial score (nSPS) is 11.1. The second kappa shape index (κ2) is 10.8. The average Bonchev–Trinajstić information content (AvgIpc) is 3.53. The molecule has 1 aromatic carbocycles. The number of ether oxygens (including phenoxy) is 2. The number of benzene rings is 1. The molecule has 4 aromatic rings. The van der Waals surface area contributed by atoms with Gasteiger partial charge in [0.25, 0.3) is 0 Å². The van der Waals surface area contributed by atoms with Crippen molar-refractivity contribution in [1.82, 2.24) is 9.24 Å². The quantitative estimate of drug-likeness (QED) is 0.279. The van der Waals surface area contributed by atoms with E-state index in [4.69, 9.17) is 13.9 Å². The van der Waals surface area contributed by atoms with Crippen LogP contribution in [0.2, 0.25) is 0 Å². The van der Waals surface area contributed by atoms with Gasteiger partial charge in [0.05, 0.1) is 12.2 Å². The van der Waals surface area contributed by atoms with Gasteiger partial charge in [0.15, 0.2) is 5.76 Å². The van der Waals surface area contributed by atoms with Crippen LogP contribution in [0.25, 0.3) is 10.9 Å². The monoisotopic (exact) mass is 491 g/mol. The summed E-state index contributed by atoms with van der Waals surface area (Å²) >= 11 is 0. The van der Waals surface area contributed by atoms with Crippen molar-refractivity contribution >= 4 is 22.8 Å². The number of nitrogens with zero attached hydrogens (tertiary/aromatic N) is 2. The summed E-state index contributed by atoms with van der Waals surface area (Å²) in [6, 6.07) is 12.9. The van der Waals surface area contributed by atoms with Crippen LogP contribution < -0.4 is 10.2 Å². The van der Waals surface area contributed by atoms with Gasteiger partial charge in [-0.2, -0.15) is 0 Å². The van der Waals surface area contributed by atoms with Crippen molar-refractivity contribution in [1.29, 1.82) is 0 Å². The Kier molecular flexibility index (Phi) is 7.52. The summed E-state index contributed by atoms with van der Waals surface area (Å²) in [4.78, 5) is 25.4. The van der Waals surface area contributed by atoms with Gasteiger partial charge in [-0.15, -0.1) is 0 Å². The summed E-state index contributed by atoms with van der Waals surface area (Å²) in [6.07, 6.45) is 2.08. The Morgan fingerprint density at radius 3 is 2.44 bits per heavy atom. The number of fused-ring (bicyclic) bond motifs is 1. The molecule has 0 atom stereocenters. The number of hydrogen-bond acceptors (Lipinski definition) is 5. The van der Waals surface area contributed by atoms with E-state index in [1.54, 1.807) is 23.7 Å². The Morgan fingerprint density at radius 1 is 1.00 bits per heavy atom. The molecule has 3 heterocycles. The van der Waals surface area contributed by atoms with Crippen LogP contribution in [-0.4, -0.2) is 27.7 Å². The maximum atomic E-state index is 12.7. The largest absolute Gasteiger partial charge is 0.486 e. The molecule has 1 N–H and O–H groups in total. The van der Waals surface area contributed by atoms with Gasteiger partial charge in [0.2, 0.25) is 0 Å². The Morgan fingerprint density at radius 2 is 1.75 bits per heavy atom. The topological polar surface area (TPSA) is 87.6 Å². The number of esters is 1. The second-order valence-corrected chi connectivity index (χ2v) is 8.81. The first-order valence-electron chi connectivity index (χ1n) is 12.3. The molecular weight excluding hydrogens is 458 g/mol. The van der Waals surface area contributed by atoms with Crippen molar-refractivity contribution in [2.45, 2.75) is 60.6 Å². The average molecular weight is 492 g/mol.